The molecular formula is C10H26O4Si2. The third-order valence-corrected chi connectivity index (χ3v) is 12.7. The molecule has 16 heavy (non-hydrogen) atoms. The first kappa shape index (κ1) is 16.3. The zero-order valence-corrected chi connectivity index (χ0v) is 13.5. The fourth-order valence-electron chi connectivity index (χ4n) is 1.50. The molecule has 0 bridgehead atoms. The van der Waals surface area contributed by atoms with Gasteiger partial charge in [-0.3, -0.25) is 0 Å². The highest BCUT2D eigenvalue weighted by Crippen LogP contribution is 2.32. The summed E-state index contributed by atoms with van der Waals surface area (Å²) in [6, 6.07) is 0. The van der Waals surface area contributed by atoms with Gasteiger partial charge in [0.25, 0.3) is 8.56 Å². The average Bonchev–Trinajstić information content (AvgIpc) is 2.16. The van der Waals surface area contributed by atoms with Gasteiger partial charge in [0.2, 0.25) is 0 Å². The smallest absolute Gasteiger partial charge is 0.429 e. The van der Waals surface area contributed by atoms with Gasteiger partial charge in [0, 0.05) is 19.8 Å². The van der Waals surface area contributed by atoms with Crippen molar-refractivity contribution in [3.63, 3.8) is 0 Å². The first-order chi connectivity index (χ1) is 7.34. The SMILES string of the molecule is CCO[Si](OCC)(OCC)[SiH](O)C(C)(C)C. The molecule has 0 saturated carbocycles. The summed E-state index contributed by atoms with van der Waals surface area (Å²) in [5.41, 5.74) is 0. The van der Waals surface area contributed by atoms with Gasteiger partial charge in [0.15, 0.2) is 0 Å². The number of hydrogen-bond acceptors (Lipinski definition) is 4. The van der Waals surface area contributed by atoms with Crippen molar-refractivity contribution in [1.29, 1.82) is 0 Å². The summed E-state index contributed by atoms with van der Waals surface area (Å²) in [5.74, 6) is 0. The van der Waals surface area contributed by atoms with Crippen molar-refractivity contribution in [2.45, 2.75) is 46.6 Å². The van der Waals surface area contributed by atoms with Crippen molar-refractivity contribution in [2.75, 3.05) is 19.8 Å². The largest absolute Gasteiger partial charge is 0.499 e. The van der Waals surface area contributed by atoms with E-state index in [2.05, 4.69) is 0 Å². The summed E-state index contributed by atoms with van der Waals surface area (Å²) in [6.07, 6.45) is 0. The maximum atomic E-state index is 10.5. The number of hydrogen-bond donors (Lipinski definition) is 1. The van der Waals surface area contributed by atoms with Crippen LogP contribution in [0.15, 0.2) is 0 Å². The minimum Gasteiger partial charge on any atom is -0.429 e. The van der Waals surface area contributed by atoms with E-state index in [1.807, 2.05) is 41.5 Å². The molecule has 0 aromatic carbocycles. The molecule has 0 amide bonds. The van der Waals surface area contributed by atoms with Gasteiger partial charge in [0.1, 0.15) is 0 Å². The van der Waals surface area contributed by atoms with Gasteiger partial charge in [-0.2, -0.15) is 0 Å². The molecule has 0 radical (unpaired) electrons. The Bertz CT molecular complexity index is 177. The Kier molecular flexibility index (Phi) is 6.99. The van der Waals surface area contributed by atoms with Crippen molar-refractivity contribution in [1.82, 2.24) is 0 Å². The first-order valence-corrected chi connectivity index (χ1v) is 10.6. The minimum atomic E-state index is -2.84. The second kappa shape index (κ2) is 6.88. The fourth-order valence-corrected chi connectivity index (χ4v) is 10.6. The van der Waals surface area contributed by atoms with E-state index < -0.39 is 16.9 Å². The van der Waals surface area contributed by atoms with Crippen LogP contribution in [0.25, 0.3) is 0 Å². The Labute approximate surface area is 102 Å². The Hall–Kier alpha value is 0.274. The Morgan fingerprint density at radius 1 is 0.938 bits per heavy atom. The second-order valence-electron chi connectivity index (χ2n) is 4.67. The lowest BCUT2D eigenvalue weighted by molar-refractivity contribution is 0.0862. The van der Waals surface area contributed by atoms with Crippen molar-refractivity contribution >= 4 is 16.9 Å². The van der Waals surface area contributed by atoms with Crippen LogP contribution >= 0.6 is 0 Å². The molecule has 4 nitrogen and oxygen atoms in total. The van der Waals surface area contributed by atoms with E-state index in [0.717, 1.165) is 0 Å². The fraction of sp³-hybridized carbons (Fsp3) is 1.00. The monoisotopic (exact) mass is 266 g/mol. The van der Waals surface area contributed by atoms with Crippen LogP contribution in [0.3, 0.4) is 0 Å². The maximum absolute atomic E-state index is 10.5. The molecule has 0 aliphatic carbocycles. The molecule has 1 N–H and O–H groups in total. The van der Waals surface area contributed by atoms with Gasteiger partial charge >= 0.3 is 8.32 Å². The minimum absolute atomic E-state index is 0.175. The molecule has 1 atom stereocenters. The molecule has 0 aliphatic rings. The number of rotatable bonds is 7. The normalized spacial score (nSPS) is 15.2. The van der Waals surface area contributed by atoms with Crippen LogP contribution in [0.5, 0.6) is 0 Å². The van der Waals surface area contributed by atoms with Crippen molar-refractivity contribution in [3.05, 3.63) is 0 Å². The zero-order valence-electron chi connectivity index (χ0n) is 11.4. The molecule has 98 valence electrons. The van der Waals surface area contributed by atoms with E-state index in [0.29, 0.717) is 19.8 Å². The van der Waals surface area contributed by atoms with E-state index in [-0.39, 0.29) is 5.04 Å². The molecule has 6 heteroatoms. The van der Waals surface area contributed by atoms with Crippen LogP contribution in [0.2, 0.25) is 5.04 Å². The third kappa shape index (κ3) is 4.27. The molecule has 0 aromatic rings. The zero-order chi connectivity index (χ0) is 12.8. The summed E-state index contributed by atoms with van der Waals surface area (Å²) >= 11 is 0. The van der Waals surface area contributed by atoms with Crippen molar-refractivity contribution in [2.24, 2.45) is 0 Å². The molecular weight excluding hydrogens is 240 g/mol. The van der Waals surface area contributed by atoms with E-state index in [9.17, 15) is 4.80 Å². The molecule has 0 aliphatic heterocycles. The third-order valence-electron chi connectivity index (χ3n) is 2.19. The highest BCUT2D eigenvalue weighted by atomic mass is 29.3. The van der Waals surface area contributed by atoms with Crippen LogP contribution in [0.4, 0.5) is 0 Å². The molecule has 0 fully saturated rings. The van der Waals surface area contributed by atoms with Crippen LogP contribution in [-0.2, 0) is 13.3 Å². The van der Waals surface area contributed by atoms with Crippen molar-refractivity contribution < 1.29 is 18.1 Å². The molecule has 0 saturated heterocycles. The lowest BCUT2D eigenvalue weighted by atomic mass is 10.3. The predicted molar refractivity (Wildman–Crippen MR) is 69.7 cm³/mol. The second-order valence-corrected chi connectivity index (χ2v) is 13.0. The summed E-state index contributed by atoms with van der Waals surface area (Å²) in [6.45, 7) is 13.3. The molecule has 1 unspecified atom stereocenters. The van der Waals surface area contributed by atoms with E-state index in [1.165, 1.54) is 0 Å². The lowest BCUT2D eigenvalue weighted by Crippen LogP contribution is -2.63. The highest BCUT2D eigenvalue weighted by Gasteiger charge is 2.55. The van der Waals surface area contributed by atoms with Gasteiger partial charge < -0.3 is 18.1 Å². The topological polar surface area (TPSA) is 47.9 Å². The van der Waals surface area contributed by atoms with Crippen LogP contribution in [-0.4, -0.2) is 41.5 Å². The summed E-state index contributed by atoms with van der Waals surface area (Å²) in [5, 5.41) is -0.175. The predicted octanol–water partition coefficient (Wildman–Crippen LogP) is 1.63. The standard InChI is InChI=1S/C10H26O4Si2/c1-7-12-16(13-8-2,14-9-3)15(11)10(4,5)6/h11,15H,7-9H2,1-6H3. The first-order valence-electron chi connectivity index (χ1n) is 5.94. The van der Waals surface area contributed by atoms with E-state index in [1.54, 1.807) is 0 Å². The highest BCUT2D eigenvalue weighted by molar-refractivity contribution is 7.22. The summed E-state index contributed by atoms with van der Waals surface area (Å²) in [7, 11) is -5.06. The van der Waals surface area contributed by atoms with Gasteiger partial charge in [-0.05, 0) is 25.8 Å². The van der Waals surface area contributed by atoms with Crippen LogP contribution in [0.1, 0.15) is 41.5 Å². The van der Waals surface area contributed by atoms with Crippen LogP contribution in [0, 0.1) is 0 Å². The quantitative estimate of drug-likeness (QED) is 0.712. The van der Waals surface area contributed by atoms with Gasteiger partial charge in [-0.15, -0.1) is 0 Å². The Morgan fingerprint density at radius 3 is 1.44 bits per heavy atom. The molecule has 0 aromatic heterocycles. The van der Waals surface area contributed by atoms with E-state index >= 15 is 0 Å². The average molecular weight is 266 g/mol. The van der Waals surface area contributed by atoms with Crippen molar-refractivity contribution in [3.8, 4) is 0 Å². The maximum Gasteiger partial charge on any atom is 0.499 e. The lowest BCUT2D eigenvalue weighted by Gasteiger charge is -2.37. The molecule has 0 heterocycles. The molecule has 0 spiro atoms. The van der Waals surface area contributed by atoms with Gasteiger partial charge in [-0.25, -0.2) is 0 Å². The Balaban J connectivity index is 4.98. The summed E-state index contributed by atoms with van der Waals surface area (Å²) in [4.78, 5) is 10.5. The summed E-state index contributed by atoms with van der Waals surface area (Å²) < 4.78 is 17.1. The Morgan fingerprint density at radius 2 is 1.25 bits per heavy atom. The van der Waals surface area contributed by atoms with E-state index in [4.69, 9.17) is 13.3 Å². The van der Waals surface area contributed by atoms with Crippen LogP contribution < -0.4 is 0 Å². The van der Waals surface area contributed by atoms with Gasteiger partial charge in [0.05, 0.1) is 0 Å². The van der Waals surface area contributed by atoms with Gasteiger partial charge in [-0.1, -0.05) is 20.8 Å². The molecule has 0 rings (SSSR count).